The molecule has 5 rings (SSSR count). The van der Waals surface area contributed by atoms with Gasteiger partial charge in [0.15, 0.2) is 0 Å². The molecule has 0 N–H and O–H groups in total. The van der Waals surface area contributed by atoms with E-state index in [1.54, 1.807) is 25.5 Å². The Hall–Kier alpha value is -1.76. The van der Waals surface area contributed by atoms with Crippen molar-refractivity contribution in [2.24, 2.45) is 11.8 Å². The summed E-state index contributed by atoms with van der Waals surface area (Å²) < 4.78 is 5.43. The summed E-state index contributed by atoms with van der Waals surface area (Å²) in [6.07, 6.45) is 7.35. The van der Waals surface area contributed by atoms with Gasteiger partial charge < -0.3 is 0 Å². The van der Waals surface area contributed by atoms with Crippen LogP contribution in [0.4, 0.5) is 0 Å². The standard InChI is InChI=1S/2C14H17.C6H5.CH3.H2Si.Zr/c2*1-10(2)6-12-4-5-13-7-11(3)8-14(13)9-12;1-2-4-6-5-3-1;;;/h2*4-5,7-10H,6H2,1-3H3;1-5H;1H3;1H2;. The van der Waals surface area contributed by atoms with Crippen LogP contribution in [0.2, 0.25) is 4.63 Å². The van der Waals surface area contributed by atoms with Crippen molar-refractivity contribution in [2.45, 2.75) is 66.3 Å². The first-order valence-corrected chi connectivity index (χ1v) is 26.7. The molecule has 2 aliphatic carbocycles. The van der Waals surface area contributed by atoms with Crippen LogP contribution in [-0.2, 0) is 30.2 Å². The summed E-state index contributed by atoms with van der Waals surface area (Å²) in [5.74, 6) is 1.35. The SMILES string of the molecule is CC1=Cc2cc(CC(C)C)ccc2[CH]1[Zr]([CH3])(=[SiH2])([c]1ccccc1)[CH]1C(C)=Cc2cc(CC(C)C)ccc21. The first-order valence-electron chi connectivity index (χ1n) is 14.2. The van der Waals surface area contributed by atoms with E-state index < -0.39 is 17.4 Å². The number of hydrogen-bond acceptors (Lipinski definition) is 0. The molecule has 0 nitrogen and oxygen atoms in total. The summed E-state index contributed by atoms with van der Waals surface area (Å²) in [6.45, 7) is 16.6. The topological polar surface area (TPSA) is 0 Å². The van der Waals surface area contributed by atoms with Crippen molar-refractivity contribution in [1.82, 2.24) is 0 Å². The second-order valence-corrected chi connectivity index (χ2v) is 39.6. The molecule has 0 fully saturated rings. The molecule has 2 aliphatic rings. The summed E-state index contributed by atoms with van der Waals surface area (Å²) in [4.78, 5) is 0. The molecule has 2 atom stereocenters. The van der Waals surface area contributed by atoms with E-state index in [1.165, 1.54) is 22.3 Å². The van der Waals surface area contributed by atoms with Gasteiger partial charge in [0.1, 0.15) is 0 Å². The van der Waals surface area contributed by atoms with Crippen LogP contribution in [-0.4, -0.2) is 6.88 Å². The first kappa shape index (κ1) is 26.8. The van der Waals surface area contributed by atoms with Gasteiger partial charge in [0, 0.05) is 0 Å². The van der Waals surface area contributed by atoms with Gasteiger partial charge in [-0.2, -0.15) is 0 Å². The average Bonchev–Trinajstić information content (AvgIpc) is 3.34. The third-order valence-electron chi connectivity index (χ3n) is 9.10. The number of rotatable bonds is 7. The zero-order valence-corrected chi connectivity index (χ0v) is 27.8. The van der Waals surface area contributed by atoms with Crippen LogP contribution in [0, 0.1) is 11.8 Å². The molecule has 0 spiro atoms. The van der Waals surface area contributed by atoms with Gasteiger partial charge in [-0.25, -0.2) is 0 Å². The van der Waals surface area contributed by atoms with Crippen LogP contribution < -0.4 is 3.27 Å². The molecule has 0 saturated heterocycles. The summed E-state index contributed by atoms with van der Waals surface area (Å²) in [5, 5.41) is 0. The van der Waals surface area contributed by atoms with Crippen LogP contribution in [0.25, 0.3) is 12.2 Å². The molecule has 0 heterocycles. The molecule has 3 aromatic rings. The Bertz CT molecular complexity index is 1380. The number of allylic oxidation sites excluding steroid dienone is 2. The van der Waals surface area contributed by atoms with Gasteiger partial charge in [0.05, 0.1) is 0 Å². The average molecular weight is 584 g/mol. The fraction of sp³-hybridized carbons (Fsp3) is 0.371. The van der Waals surface area contributed by atoms with Crippen molar-refractivity contribution in [3.8, 4) is 0 Å². The molecule has 192 valence electrons. The quantitative estimate of drug-likeness (QED) is 0.245. The van der Waals surface area contributed by atoms with Gasteiger partial charge in [0.25, 0.3) is 0 Å². The minimum absolute atomic E-state index is 0.514. The van der Waals surface area contributed by atoms with Gasteiger partial charge in [-0.15, -0.1) is 0 Å². The van der Waals surface area contributed by atoms with Gasteiger partial charge >= 0.3 is 229 Å². The Morgan fingerprint density at radius 3 is 1.51 bits per heavy atom. The predicted octanol–water partition coefficient (Wildman–Crippen LogP) is 8.31. The molecular weight excluding hydrogens is 540 g/mol. The number of hydrogen-bond donors (Lipinski definition) is 0. The zero-order chi connectivity index (χ0) is 26.6. The summed E-state index contributed by atoms with van der Waals surface area (Å²) >= 11 is -3.86. The van der Waals surface area contributed by atoms with Crippen molar-refractivity contribution in [3.05, 3.63) is 111 Å². The Labute approximate surface area is 227 Å². The van der Waals surface area contributed by atoms with Gasteiger partial charge in [0.2, 0.25) is 0 Å². The van der Waals surface area contributed by atoms with Gasteiger partial charge in [-0.3, -0.25) is 0 Å². The van der Waals surface area contributed by atoms with Gasteiger partial charge in [-0.1, -0.05) is 0 Å². The maximum atomic E-state index is 2.77. The molecule has 0 radical (unpaired) electrons. The Morgan fingerprint density at radius 2 is 1.11 bits per heavy atom. The normalized spacial score (nSPS) is 19.2. The van der Waals surface area contributed by atoms with Gasteiger partial charge in [-0.05, 0) is 0 Å². The molecular formula is C35H44SiZr. The molecule has 0 amide bonds. The minimum atomic E-state index is -3.86. The van der Waals surface area contributed by atoms with Crippen LogP contribution in [0.5, 0.6) is 0 Å². The Balaban J connectivity index is 1.72. The molecule has 0 aliphatic heterocycles. The van der Waals surface area contributed by atoms with Crippen molar-refractivity contribution in [1.29, 1.82) is 0 Å². The second-order valence-electron chi connectivity index (χ2n) is 13.4. The molecule has 37 heavy (non-hydrogen) atoms. The third kappa shape index (κ3) is 4.57. The summed E-state index contributed by atoms with van der Waals surface area (Å²) in [5.41, 5.74) is 12.2. The van der Waals surface area contributed by atoms with E-state index in [0.29, 0.717) is 19.1 Å². The summed E-state index contributed by atoms with van der Waals surface area (Å²) in [6, 6.07) is 26.5. The van der Waals surface area contributed by atoms with Crippen molar-refractivity contribution < 1.29 is 17.4 Å². The van der Waals surface area contributed by atoms with Crippen molar-refractivity contribution in [3.63, 3.8) is 0 Å². The molecule has 0 saturated carbocycles. The van der Waals surface area contributed by atoms with E-state index in [0.717, 1.165) is 12.8 Å². The molecule has 0 aromatic heterocycles. The van der Waals surface area contributed by atoms with E-state index in [9.17, 15) is 0 Å². The monoisotopic (exact) mass is 582 g/mol. The molecule has 2 unspecified atom stereocenters. The molecule has 0 bridgehead atoms. The van der Waals surface area contributed by atoms with Crippen LogP contribution in [0.3, 0.4) is 0 Å². The van der Waals surface area contributed by atoms with Crippen LogP contribution in [0.15, 0.2) is 77.9 Å². The van der Waals surface area contributed by atoms with E-state index in [4.69, 9.17) is 0 Å². The molecule has 3 aromatic carbocycles. The predicted molar refractivity (Wildman–Crippen MR) is 163 cm³/mol. The van der Waals surface area contributed by atoms with Crippen LogP contribution in [0.1, 0.15) is 82.2 Å². The second kappa shape index (κ2) is 9.77. The van der Waals surface area contributed by atoms with Crippen molar-refractivity contribution in [2.75, 3.05) is 0 Å². The van der Waals surface area contributed by atoms with E-state index in [-0.39, 0.29) is 0 Å². The fourth-order valence-corrected chi connectivity index (χ4v) is 33.2. The zero-order valence-electron chi connectivity index (χ0n) is 23.9. The number of benzene rings is 3. The third-order valence-corrected chi connectivity index (χ3v) is 32.9. The Kier molecular flexibility index (Phi) is 7.08. The van der Waals surface area contributed by atoms with Crippen molar-refractivity contribution >= 4 is 22.3 Å². The van der Waals surface area contributed by atoms with E-state index in [1.807, 2.05) is 0 Å². The molecule has 2 heteroatoms. The number of fused-ring (bicyclic) bond motifs is 2. The van der Waals surface area contributed by atoms with E-state index >= 15 is 0 Å². The first-order chi connectivity index (χ1) is 17.5. The van der Waals surface area contributed by atoms with E-state index in [2.05, 4.69) is 132 Å². The maximum absolute atomic E-state index is 3.86. The fourth-order valence-electron chi connectivity index (χ4n) is 7.92. The Morgan fingerprint density at radius 1 is 0.676 bits per heavy atom. The van der Waals surface area contributed by atoms with Crippen LogP contribution >= 0.6 is 0 Å². The summed E-state index contributed by atoms with van der Waals surface area (Å²) in [7, 11) is 0.